The van der Waals surface area contributed by atoms with Gasteiger partial charge in [-0.2, -0.15) is 0 Å². The van der Waals surface area contributed by atoms with Crippen LogP contribution in [-0.2, 0) is 9.53 Å². The molecule has 0 amide bonds. The molecule has 1 aliphatic heterocycles. The molecule has 0 aromatic rings. The Morgan fingerprint density at radius 3 is 2.90 bits per heavy atom. The van der Waals surface area contributed by atoms with E-state index in [4.69, 9.17) is 4.74 Å². The summed E-state index contributed by atoms with van der Waals surface area (Å²) in [7, 11) is 0. The minimum absolute atomic E-state index is 0.0273. The number of carbonyl (C=O) groups excluding carboxylic acids is 1. The highest BCUT2D eigenvalue weighted by atomic mass is 16.5. The lowest BCUT2D eigenvalue weighted by Gasteiger charge is -2.55. The van der Waals surface area contributed by atoms with E-state index in [2.05, 4.69) is 0 Å². The zero-order valence-corrected chi connectivity index (χ0v) is 12.0. The van der Waals surface area contributed by atoms with Gasteiger partial charge in [0.15, 0.2) is 0 Å². The highest BCUT2D eigenvalue weighted by Gasteiger charge is 2.60. The van der Waals surface area contributed by atoms with Gasteiger partial charge in [-0.05, 0) is 25.8 Å². The van der Waals surface area contributed by atoms with E-state index < -0.39 is 17.1 Å². The number of ether oxygens (including phenoxy) is 1. The van der Waals surface area contributed by atoms with Crippen LogP contribution in [0.25, 0.3) is 0 Å². The smallest absolute Gasteiger partial charge is 0.144 e. The molecule has 0 bridgehead atoms. The molecule has 5 atom stereocenters. The van der Waals surface area contributed by atoms with Crippen LogP contribution in [0, 0.1) is 17.3 Å². The molecule has 0 radical (unpaired) electrons. The number of carbonyl (C=O) groups is 1. The van der Waals surface area contributed by atoms with E-state index in [0.29, 0.717) is 19.4 Å². The summed E-state index contributed by atoms with van der Waals surface area (Å²) in [5, 5.41) is 19.9. The maximum Gasteiger partial charge on any atom is 0.144 e. The third-order valence-electron chi connectivity index (χ3n) is 5.51. The zero-order valence-electron chi connectivity index (χ0n) is 12.0. The van der Waals surface area contributed by atoms with Gasteiger partial charge in [0, 0.05) is 24.9 Å². The van der Waals surface area contributed by atoms with Gasteiger partial charge in [0.05, 0.1) is 23.7 Å². The van der Waals surface area contributed by atoms with E-state index in [-0.39, 0.29) is 24.2 Å². The first-order chi connectivity index (χ1) is 9.42. The Morgan fingerprint density at radius 1 is 1.45 bits per heavy atom. The molecule has 1 heterocycles. The van der Waals surface area contributed by atoms with E-state index >= 15 is 0 Å². The SMILES string of the molecule is C[C@]12C=CC3=C[C@@H](CO)C[C@H](O)[C@@H]3[C@@]1(C)C(=O)CCO2. The average molecular weight is 278 g/mol. The first-order valence-corrected chi connectivity index (χ1v) is 7.29. The van der Waals surface area contributed by atoms with Crippen LogP contribution >= 0.6 is 0 Å². The quantitative estimate of drug-likeness (QED) is 0.757. The third kappa shape index (κ3) is 1.68. The number of allylic oxidation sites excluding steroid dienone is 1. The van der Waals surface area contributed by atoms with Gasteiger partial charge in [-0.1, -0.05) is 18.2 Å². The lowest BCUT2D eigenvalue weighted by molar-refractivity contribution is -0.178. The fourth-order valence-corrected chi connectivity index (χ4v) is 4.12. The van der Waals surface area contributed by atoms with Crippen LogP contribution in [0.3, 0.4) is 0 Å². The maximum atomic E-state index is 12.6. The first kappa shape index (κ1) is 14.0. The monoisotopic (exact) mass is 278 g/mol. The molecular weight excluding hydrogens is 256 g/mol. The molecule has 20 heavy (non-hydrogen) atoms. The third-order valence-corrected chi connectivity index (χ3v) is 5.51. The molecule has 110 valence electrons. The molecule has 3 aliphatic rings. The molecule has 4 nitrogen and oxygen atoms in total. The zero-order chi connectivity index (χ0) is 14.5. The normalized spacial score (nSPS) is 47.5. The fraction of sp³-hybridized carbons (Fsp3) is 0.688. The number of hydrogen-bond donors (Lipinski definition) is 2. The van der Waals surface area contributed by atoms with Gasteiger partial charge in [-0.15, -0.1) is 0 Å². The van der Waals surface area contributed by atoms with E-state index in [1.165, 1.54) is 0 Å². The fourth-order valence-electron chi connectivity index (χ4n) is 4.12. The van der Waals surface area contributed by atoms with Gasteiger partial charge in [0.25, 0.3) is 0 Å². The molecular formula is C16H22O4. The summed E-state index contributed by atoms with van der Waals surface area (Å²) in [6.45, 7) is 4.32. The summed E-state index contributed by atoms with van der Waals surface area (Å²) in [4.78, 5) is 12.6. The highest BCUT2D eigenvalue weighted by Crippen LogP contribution is 2.55. The number of hydrogen-bond acceptors (Lipinski definition) is 4. The van der Waals surface area contributed by atoms with Crippen LogP contribution in [0.2, 0.25) is 0 Å². The second-order valence-electron chi connectivity index (χ2n) is 6.55. The van der Waals surface area contributed by atoms with Gasteiger partial charge in [0.1, 0.15) is 5.78 Å². The molecule has 0 aromatic heterocycles. The van der Waals surface area contributed by atoms with Crippen LogP contribution in [0.15, 0.2) is 23.8 Å². The van der Waals surface area contributed by atoms with Crippen molar-refractivity contribution in [3.8, 4) is 0 Å². The molecule has 2 aliphatic carbocycles. The minimum Gasteiger partial charge on any atom is -0.396 e. The molecule has 0 unspecified atom stereocenters. The number of fused-ring (bicyclic) bond motifs is 3. The van der Waals surface area contributed by atoms with E-state index in [0.717, 1.165) is 5.57 Å². The lowest BCUT2D eigenvalue weighted by atomic mass is 9.53. The van der Waals surface area contributed by atoms with Crippen molar-refractivity contribution in [1.29, 1.82) is 0 Å². The predicted octanol–water partition coefficient (Wildman–Crippen LogP) is 1.23. The maximum absolute atomic E-state index is 12.6. The number of rotatable bonds is 1. The van der Waals surface area contributed by atoms with E-state index in [1.54, 1.807) is 0 Å². The average Bonchev–Trinajstić information content (AvgIpc) is 2.41. The molecule has 2 N–H and O–H groups in total. The second kappa shape index (κ2) is 4.52. The predicted molar refractivity (Wildman–Crippen MR) is 74.0 cm³/mol. The Labute approximate surface area is 119 Å². The Hall–Kier alpha value is -0.970. The molecule has 0 spiro atoms. The standard InChI is InChI=1S/C16H22O4/c1-15-5-3-11-7-10(9-17)8-12(18)14(11)16(15,2)13(19)4-6-20-15/h3,5,7,10,12,14,17-18H,4,6,8-9H2,1-2H3/t10-,12+,14-,15+,16-/m1/s1. The lowest BCUT2D eigenvalue weighted by Crippen LogP contribution is -2.62. The van der Waals surface area contributed by atoms with Gasteiger partial charge < -0.3 is 14.9 Å². The van der Waals surface area contributed by atoms with Gasteiger partial charge in [-0.3, -0.25) is 4.79 Å². The van der Waals surface area contributed by atoms with Crippen molar-refractivity contribution in [2.24, 2.45) is 17.3 Å². The van der Waals surface area contributed by atoms with Crippen LogP contribution in [0.1, 0.15) is 26.7 Å². The molecule has 1 saturated heterocycles. The second-order valence-corrected chi connectivity index (χ2v) is 6.55. The van der Waals surface area contributed by atoms with Crippen molar-refractivity contribution in [2.45, 2.75) is 38.4 Å². The Balaban J connectivity index is 2.12. The summed E-state index contributed by atoms with van der Waals surface area (Å²) < 4.78 is 5.90. The molecule has 3 rings (SSSR count). The molecule has 0 aromatic carbocycles. The van der Waals surface area contributed by atoms with Crippen molar-refractivity contribution in [3.63, 3.8) is 0 Å². The molecule has 4 heteroatoms. The minimum atomic E-state index is -0.730. The summed E-state index contributed by atoms with van der Waals surface area (Å²) in [6.07, 6.45) is 6.18. The Bertz CT molecular complexity index is 495. The summed E-state index contributed by atoms with van der Waals surface area (Å²) in [5.74, 6) is -0.116. The van der Waals surface area contributed by atoms with Crippen LogP contribution in [-0.4, -0.2) is 40.9 Å². The van der Waals surface area contributed by atoms with Gasteiger partial charge in [-0.25, -0.2) is 0 Å². The number of aliphatic hydroxyl groups is 2. The van der Waals surface area contributed by atoms with E-state index in [9.17, 15) is 15.0 Å². The van der Waals surface area contributed by atoms with E-state index in [1.807, 2.05) is 32.1 Å². The summed E-state index contributed by atoms with van der Waals surface area (Å²) >= 11 is 0. The Morgan fingerprint density at radius 2 is 2.20 bits per heavy atom. The van der Waals surface area contributed by atoms with Crippen molar-refractivity contribution in [1.82, 2.24) is 0 Å². The molecule has 0 saturated carbocycles. The van der Waals surface area contributed by atoms with Crippen molar-refractivity contribution < 1.29 is 19.7 Å². The molecule has 1 fully saturated rings. The van der Waals surface area contributed by atoms with Crippen molar-refractivity contribution >= 4 is 5.78 Å². The Kier molecular flexibility index (Phi) is 3.16. The highest BCUT2D eigenvalue weighted by molar-refractivity contribution is 5.88. The van der Waals surface area contributed by atoms with Gasteiger partial charge in [0.2, 0.25) is 0 Å². The number of aliphatic hydroxyl groups excluding tert-OH is 2. The first-order valence-electron chi connectivity index (χ1n) is 7.29. The number of ketones is 1. The van der Waals surface area contributed by atoms with Crippen LogP contribution in [0.4, 0.5) is 0 Å². The van der Waals surface area contributed by atoms with Gasteiger partial charge >= 0.3 is 0 Å². The summed E-state index contributed by atoms with van der Waals surface area (Å²) in [6, 6.07) is 0. The van der Waals surface area contributed by atoms with Crippen LogP contribution < -0.4 is 0 Å². The topological polar surface area (TPSA) is 66.8 Å². The van der Waals surface area contributed by atoms with Crippen molar-refractivity contribution in [3.05, 3.63) is 23.8 Å². The van der Waals surface area contributed by atoms with Crippen molar-refractivity contribution in [2.75, 3.05) is 13.2 Å². The van der Waals surface area contributed by atoms with Crippen LogP contribution in [0.5, 0.6) is 0 Å². The largest absolute Gasteiger partial charge is 0.396 e. The summed E-state index contributed by atoms with van der Waals surface area (Å²) in [5.41, 5.74) is -0.426. The number of Topliss-reactive ketones (excluding diaryl/α,β-unsaturated/α-hetero) is 1.